The number of ether oxygens (including phenoxy) is 2. The average Bonchev–Trinajstić information content (AvgIpc) is 3.24. The van der Waals surface area contributed by atoms with Gasteiger partial charge in [-0.05, 0) is 66.6 Å². The zero-order chi connectivity index (χ0) is 21.8. The summed E-state index contributed by atoms with van der Waals surface area (Å²) in [7, 11) is -2.09. The van der Waals surface area contributed by atoms with Gasteiger partial charge >= 0.3 is 0 Å². The molecule has 0 fully saturated rings. The number of nitrogens with one attached hydrogen (secondary N) is 1. The third-order valence-corrected chi connectivity index (χ3v) is 6.83. The third-order valence-electron chi connectivity index (χ3n) is 5.00. The minimum absolute atomic E-state index is 0.180. The van der Waals surface area contributed by atoms with E-state index in [1.54, 1.807) is 43.5 Å². The lowest BCUT2D eigenvalue weighted by atomic mass is 10.2. The highest BCUT2D eigenvalue weighted by atomic mass is 32.2. The Morgan fingerprint density at radius 1 is 0.968 bits per heavy atom. The first-order valence-electron chi connectivity index (χ1n) is 9.75. The first-order chi connectivity index (χ1) is 15.0. The van der Waals surface area contributed by atoms with Gasteiger partial charge in [0.1, 0.15) is 11.5 Å². The lowest BCUT2D eigenvalue weighted by molar-refractivity contribution is -0.118. The summed E-state index contributed by atoms with van der Waals surface area (Å²) in [6.45, 7) is 0.225. The average molecular weight is 439 g/mol. The van der Waals surface area contributed by atoms with Crippen molar-refractivity contribution in [3.8, 4) is 11.5 Å². The van der Waals surface area contributed by atoms with Crippen LogP contribution in [0.4, 0.5) is 11.4 Å². The maximum absolute atomic E-state index is 13.0. The van der Waals surface area contributed by atoms with Gasteiger partial charge in [-0.3, -0.25) is 9.10 Å². The Labute approximate surface area is 181 Å². The number of benzene rings is 3. The van der Waals surface area contributed by atoms with Crippen molar-refractivity contribution in [2.24, 2.45) is 0 Å². The minimum Gasteiger partial charge on any atom is -0.497 e. The van der Waals surface area contributed by atoms with Gasteiger partial charge in [0.2, 0.25) is 0 Å². The Morgan fingerprint density at radius 3 is 2.35 bits per heavy atom. The van der Waals surface area contributed by atoms with Crippen molar-refractivity contribution in [2.75, 3.05) is 29.9 Å². The highest BCUT2D eigenvalue weighted by Gasteiger charge is 2.30. The molecule has 1 heterocycles. The standard InChI is InChI=1S/C23H22N2O5S/c1-29-19-8-6-18(7-9-19)24-23(26)16-30-20-10-12-21(13-11-20)31(27,28)25-15-14-17-4-2-3-5-22(17)25/h2-13H,14-16H2,1H3,(H,24,26). The molecule has 31 heavy (non-hydrogen) atoms. The van der Waals surface area contributed by atoms with E-state index in [4.69, 9.17) is 9.47 Å². The molecular formula is C23H22N2O5S. The molecule has 0 aromatic heterocycles. The van der Waals surface area contributed by atoms with Crippen molar-refractivity contribution < 1.29 is 22.7 Å². The summed E-state index contributed by atoms with van der Waals surface area (Å²) < 4.78 is 38.1. The molecule has 0 saturated carbocycles. The van der Waals surface area contributed by atoms with Crippen LogP contribution in [0.25, 0.3) is 0 Å². The molecule has 3 aromatic rings. The molecule has 1 aliphatic heterocycles. The maximum Gasteiger partial charge on any atom is 0.264 e. The van der Waals surface area contributed by atoms with Crippen LogP contribution in [-0.4, -0.2) is 34.6 Å². The van der Waals surface area contributed by atoms with E-state index in [1.807, 2.05) is 24.3 Å². The molecule has 0 aliphatic carbocycles. The van der Waals surface area contributed by atoms with E-state index in [2.05, 4.69) is 5.32 Å². The van der Waals surface area contributed by atoms with Crippen LogP contribution >= 0.6 is 0 Å². The van der Waals surface area contributed by atoms with E-state index in [1.165, 1.54) is 16.4 Å². The molecule has 0 spiro atoms. The quantitative estimate of drug-likeness (QED) is 0.611. The van der Waals surface area contributed by atoms with Gasteiger partial charge in [0, 0.05) is 12.2 Å². The molecule has 0 unspecified atom stereocenters. The monoisotopic (exact) mass is 438 g/mol. The largest absolute Gasteiger partial charge is 0.497 e. The van der Waals surface area contributed by atoms with Crippen LogP contribution in [0, 0.1) is 0 Å². The number of carbonyl (C=O) groups excluding carboxylic acids is 1. The number of para-hydroxylation sites is 1. The van der Waals surface area contributed by atoms with E-state index < -0.39 is 10.0 Å². The van der Waals surface area contributed by atoms with Crippen molar-refractivity contribution in [2.45, 2.75) is 11.3 Å². The lowest BCUT2D eigenvalue weighted by Gasteiger charge is -2.19. The van der Waals surface area contributed by atoms with Crippen molar-refractivity contribution in [3.05, 3.63) is 78.4 Å². The Hall–Kier alpha value is -3.52. The van der Waals surface area contributed by atoms with Gasteiger partial charge in [-0.1, -0.05) is 18.2 Å². The Balaban J connectivity index is 1.37. The molecule has 8 heteroatoms. The number of rotatable bonds is 7. The highest BCUT2D eigenvalue weighted by molar-refractivity contribution is 7.92. The summed E-state index contributed by atoms with van der Waals surface area (Å²) in [5.41, 5.74) is 2.37. The Morgan fingerprint density at radius 2 is 1.65 bits per heavy atom. The molecule has 1 aliphatic rings. The molecule has 4 rings (SSSR count). The highest BCUT2D eigenvalue weighted by Crippen LogP contribution is 2.33. The van der Waals surface area contributed by atoms with Crippen molar-refractivity contribution >= 4 is 27.3 Å². The second-order valence-corrected chi connectivity index (χ2v) is 8.85. The molecule has 160 valence electrons. The molecule has 1 amide bonds. The molecule has 7 nitrogen and oxygen atoms in total. The van der Waals surface area contributed by atoms with Crippen molar-refractivity contribution in [3.63, 3.8) is 0 Å². The summed E-state index contributed by atoms with van der Waals surface area (Å²) >= 11 is 0. The number of amides is 1. The molecule has 0 bridgehead atoms. The van der Waals surface area contributed by atoms with Crippen LogP contribution in [0.2, 0.25) is 0 Å². The fourth-order valence-corrected chi connectivity index (χ4v) is 4.92. The number of nitrogens with zero attached hydrogens (tertiary/aromatic N) is 1. The normalized spacial score (nSPS) is 12.9. The summed E-state index contributed by atoms with van der Waals surface area (Å²) in [5.74, 6) is 0.780. The molecule has 0 atom stereocenters. The van der Waals surface area contributed by atoms with Crippen molar-refractivity contribution in [1.29, 1.82) is 0 Å². The number of carbonyl (C=O) groups is 1. The fourth-order valence-electron chi connectivity index (χ4n) is 3.41. The van der Waals surface area contributed by atoms with Crippen LogP contribution < -0.4 is 19.1 Å². The Bertz CT molecular complexity index is 1180. The zero-order valence-corrected chi connectivity index (χ0v) is 17.8. The molecule has 0 saturated heterocycles. The topological polar surface area (TPSA) is 84.9 Å². The number of anilines is 2. The van der Waals surface area contributed by atoms with E-state index in [0.717, 1.165) is 11.3 Å². The summed E-state index contributed by atoms with van der Waals surface area (Å²) in [6, 6.07) is 20.5. The smallest absolute Gasteiger partial charge is 0.264 e. The van der Waals surface area contributed by atoms with Gasteiger partial charge in [0.25, 0.3) is 15.9 Å². The Kier molecular flexibility index (Phi) is 5.81. The van der Waals surface area contributed by atoms with Gasteiger partial charge < -0.3 is 14.8 Å². The van der Waals surface area contributed by atoms with Gasteiger partial charge in [0.15, 0.2) is 6.61 Å². The van der Waals surface area contributed by atoms with Gasteiger partial charge in [-0.25, -0.2) is 8.42 Å². The fraction of sp³-hybridized carbons (Fsp3) is 0.174. The van der Waals surface area contributed by atoms with Crippen LogP contribution in [0.1, 0.15) is 5.56 Å². The zero-order valence-electron chi connectivity index (χ0n) is 16.9. The SMILES string of the molecule is COc1ccc(NC(=O)COc2ccc(S(=O)(=O)N3CCc4ccccc43)cc2)cc1. The van der Waals surface area contributed by atoms with Crippen LogP contribution in [0.15, 0.2) is 77.7 Å². The maximum atomic E-state index is 13.0. The number of hydrogen-bond acceptors (Lipinski definition) is 5. The van der Waals surface area contributed by atoms with E-state index >= 15 is 0 Å². The second kappa shape index (κ2) is 8.69. The van der Waals surface area contributed by atoms with E-state index in [0.29, 0.717) is 30.2 Å². The predicted molar refractivity (Wildman–Crippen MR) is 118 cm³/mol. The predicted octanol–water partition coefficient (Wildman–Crippen LogP) is 3.46. The molecule has 1 N–H and O–H groups in total. The van der Waals surface area contributed by atoms with Crippen LogP contribution in [0.3, 0.4) is 0 Å². The van der Waals surface area contributed by atoms with Gasteiger partial charge in [-0.15, -0.1) is 0 Å². The molecule has 0 radical (unpaired) electrons. The first-order valence-corrected chi connectivity index (χ1v) is 11.2. The lowest BCUT2D eigenvalue weighted by Crippen LogP contribution is -2.29. The van der Waals surface area contributed by atoms with Gasteiger partial charge in [0.05, 0.1) is 17.7 Å². The summed E-state index contributed by atoms with van der Waals surface area (Å²) in [6.07, 6.45) is 0.694. The molecular weight excluding hydrogens is 416 g/mol. The number of hydrogen-bond donors (Lipinski definition) is 1. The minimum atomic E-state index is -3.66. The van der Waals surface area contributed by atoms with E-state index in [9.17, 15) is 13.2 Å². The van der Waals surface area contributed by atoms with E-state index in [-0.39, 0.29) is 17.4 Å². The van der Waals surface area contributed by atoms with Crippen molar-refractivity contribution in [1.82, 2.24) is 0 Å². The van der Waals surface area contributed by atoms with Gasteiger partial charge in [-0.2, -0.15) is 0 Å². The van der Waals surface area contributed by atoms with Crippen LogP contribution in [0.5, 0.6) is 11.5 Å². The summed E-state index contributed by atoms with van der Waals surface area (Å²) in [4.78, 5) is 12.3. The number of fused-ring (bicyclic) bond motifs is 1. The third kappa shape index (κ3) is 4.49. The second-order valence-electron chi connectivity index (χ2n) is 6.99. The first kappa shape index (κ1) is 20.7. The molecule has 3 aromatic carbocycles. The number of methoxy groups -OCH3 is 1. The van der Waals surface area contributed by atoms with Crippen LogP contribution in [-0.2, 0) is 21.2 Å². The number of sulfonamides is 1. The summed E-state index contributed by atoms with van der Waals surface area (Å²) in [5, 5.41) is 2.72.